The highest BCUT2D eigenvalue weighted by atomic mass is 32.2. The van der Waals surface area contributed by atoms with E-state index in [1.807, 2.05) is 25.1 Å². The van der Waals surface area contributed by atoms with E-state index in [-0.39, 0.29) is 17.2 Å². The molecular weight excluding hydrogens is 390 g/mol. The van der Waals surface area contributed by atoms with Crippen LogP contribution in [0, 0.1) is 0 Å². The molecule has 1 aromatic rings. The molecule has 3 rings (SSSR count). The minimum absolute atomic E-state index is 0.0138. The second-order valence-electron chi connectivity index (χ2n) is 7.47. The van der Waals surface area contributed by atoms with E-state index in [1.165, 1.54) is 25.9 Å². The number of rotatable bonds is 8. The fourth-order valence-corrected chi connectivity index (χ4v) is 5.50. The standard InChI is InChI=1S/C21H31N3O4S/c1-4-19(25)24-16(20(26)22-9-12-23-10-5-6-11-23)14-29-21(24)15-7-8-17(27-2)18(13-15)28-3/h7-8,13,16,21H,4-6,9-12,14H2,1-3H3,(H,22,26)/p+1/t16-,21-/m1/s1. The Hall–Kier alpha value is -1.93. The van der Waals surface area contributed by atoms with E-state index >= 15 is 0 Å². The van der Waals surface area contributed by atoms with Crippen molar-refractivity contribution >= 4 is 23.6 Å². The van der Waals surface area contributed by atoms with Gasteiger partial charge in [0.15, 0.2) is 11.5 Å². The van der Waals surface area contributed by atoms with Crippen LogP contribution in [0.4, 0.5) is 0 Å². The number of carbonyl (C=O) groups excluding carboxylic acids is 2. The predicted octanol–water partition coefficient (Wildman–Crippen LogP) is 0.851. The van der Waals surface area contributed by atoms with Gasteiger partial charge in [0.1, 0.15) is 11.4 Å². The van der Waals surface area contributed by atoms with Gasteiger partial charge >= 0.3 is 0 Å². The van der Waals surface area contributed by atoms with Crippen LogP contribution in [0.2, 0.25) is 0 Å². The number of carbonyl (C=O) groups is 2. The van der Waals surface area contributed by atoms with Gasteiger partial charge in [-0.25, -0.2) is 0 Å². The minimum Gasteiger partial charge on any atom is -0.493 e. The summed E-state index contributed by atoms with van der Waals surface area (Å²) < 4.78 is 10.7. The van der Waals surface area contributed by atoms with Crippen LogP contribution in [0.5, 0.6) is 11.5 Å². The lowest BCUT2D eigenvalue weighted by Gasteiger charge is -2.29. The monoisotopic (exact) mass is 422 g/mol. The fraction of sp³-hybridized carbons (Fsp3) is 0.619. The van der Waals surface area contributed by atoms with Crippen LogP contribution >= 0.6 is 11.8 Å². The van der Waals surface area contributed by atoms with E-state index in [2.05, 4.69) is 5.32 Å². The summed E-state index contributed by atoms with van der Waals surface area (Å²) in [6.07, 6.45) is 2.91. The summed E-state index contributed by atoms with van der Waals surface area (Å²) >= 11 is 1.62. The fourth-order valence-electron chi connectivity index (χ4n) is 4.06. The number of methoxy groups -OCH3 is 2. The van der Waals surface area contributed by atoms with Gasteiger partial charge in [-0.05, 0) is 17.7 Å². The zero-order valence-electron chi connectivity index (χ0n) is 17.5. The average Bonchev–Trinajstić information content (AvgIpc) is 3.42. The molecular formula is C21H32N3O4S+. The summed E-state index contributed by atoms with van der Waals surface area (Å²) in [5.41, 5.74) is 0.936. The van der Waals surface area contributed by atoms with Gasteiger partial charge in [-0.3, -0.25) is 9.59 Å². The van der Waals surface area contributed by atoms with Crippen LogP contribution in [0.15, 0.2) is 18.2 Å². The molecule has 2 atom stereocenters. The van der Waals surface area contributed by atoms with E-state index in [4.69, 9.17) is 9.47 Å². The number of thioether (sulfide) groups is 1. The molecule has 7 nitrogen and oxygen atoms in total. The molecule has 2 aliphatic rings. The molecule has 2 N–H and O–H groups in total. The summed E-state index contributed by atoms with van der Waals surface area (Å²) in [6, 6.07) is 5.23. The maximum atomic E-state index is 12.9. The number of amides is 2. The van der Waals surface area contributed by atoms with E-state index in [0.29, 0.717) is 30.2 Å². The molecule has 0 spiro atoms. The van der Waals surface area contributed by atoms with Crippen molar-refractivity contribution < 1.29 is 24.0 Å². The van der Waals surface area contributed by atoms with Gasteiger partial charge in [0.2, 0.25) is 11.8 Å². The Kier molecular flexibility index (Phi) is 7.66. The first-order valence-corrected chi connectivity index (χ1v) is 11.4. The lowest BCUT2D eigenvalue weighted by Crippen LogP contribution is -3.10. The van der Waals surface area contributed by atoms with E-state index in [1.54, 1.807) is 35.8 Å². The Morgan fingerprint density at radius 3 is 2.59 bits per heavy atom. The molecule has 0 aromatic heterocycles. The highest BCUT2D eigenvalue weighted by molar-refractivity contribution is 7.99. The van der Waals surface area contributed by atoms with Crippen molar-refractivity contribution in [2.24, 2.45) is 0 Å². The highest BCUT2D eigenvalue weighted by Gasteiger charge is 2.41. The molecule has 0 aliphatic carbocycles. The summed E-state index contributed by atoms with van der Waals surface area (Å²) in [5.74, 6) is 1.79. The largest absolute Gasteiger partial charge is 0.493 e. The molecule has 0 bridgehead atoms. The number of hydrogen-bond donors (Lipinski definition) is 2. The zero-order chi connectivity index (χ0) is 20.8. The van der Waals surface area contributed by atoms with Crippen LogP contribution in [-0.4, -0.2) is 68.9 Å². The van der Waals surface area contributed by atoms with Crippen molar-refractivity contribution in [1.82, 2.24) is 10.2 Å². The van der Waals surface area contributed by atoms with E-state index < -0.39 is 6.04 Å². The Balaban J connectivity index is 1.71. The number of nitrogens with one attached hydrogen (secondary N) is 2. The van der Waals surface area contributed by atoms with Crippen LogP contribution in [0.1, 0.15) is 37.1 Å². The van der Waals surface area contributed by atoms with Crippen molar-refractivity contribution in [3.05, 3.63) is 23.8 Å². The molecule has 1 aromatic carbocycles. The topological polar surface area (TPSA) is 72.3 Å². The van der Waals surface area contributed by atoms with Gasteiger partial charge in [-0.15, -0.1) is 11.8 Å². The molecule has 160 valence electrons. The second kappa shape index (κ2) is 10.2. The highest BCUT2D eigenvalue weighted by Crippen LogP contribution is 2.44. The average molecular weight is 423 g/mol. The Morgan fingerprint density at radius 1 is 1.21 bits per heavy atom. The first-order chi connectivity index (χ1) is 14.1. The molecule has 0 unspecified atom stereocenters. The van der Waals surface area contributed by atoms with Gasteiger partial charge in [0, 0.05) is 25.0 Å². The van der Waals surface area contributed by atoms with Gasteiger partial charge in [0.05, 0.1) is 40.4 Å². The van der Waals surface area contributed by atoms with E-state index in [9.17, 15) is 9.59 Å². The molecule has 8 heteroatoms. The predicted molar refractivity (Wildman–Crippen MR) is 113 cm³/mol. The van der Waals surface area contributed by atoms with Crippen LogP contribution < -0.4 is 19.7 Å². The number of quaternary nitrogens is 1. The summed E-state index contributed by atoms with van der Waals surface area (Å²) in [4.78, 5) is 28.9. The normalized spacial score (nSPS) is 22.0. The zero-order valence-corrected chi connectivity index (χ0v) is 18.3. The second-order valence-corrected chi connectivity index (χ2v) is 8.58. The van der Waals surface area contributed by atoms with E-state index in [0.717, 1.165) is 12.1 Å². The van der Waals surface area contributed by atoms with Crippen LogP contribution in [0.3, 0.4) is 0 Å². The van der Waals surface area contributed by atoms with Gasteiger partial charge in [0.25, 0.3) is 0 Å². The first-order valence-electron chi connectivity index (χ1n) is 10.3. The van der Waals surface area contributed by atoms with Gasteiger partial charge < -0.3 is 24.6 Å². The number of benzene rings is 1. The number of nitrogens with zero attached hydrogens (tertiary/aromatic N) is 1. The SMILES string of the molecule is CCC(=O)N1[C@@H](C(=O)NCC[NH+]2CCCC2)CS[C@@H]1c1ccc(OC)c(OC)c1. The number of likely N-dealkylation sites (tertiary alicyclic amines) is 1. The molecule has 2 aliphatic heterocycles. The summed E-state index contributed by atoms with van der Waals surface area (Å²) in [5, 5.41) is 2.86. The smallest absolute Gasteiger partial charge is 0.243 e. The third kappa shape index (κ3) is 4.98. The molecule has 29 heavy (non-hydrogen) atoms. The van der Waals surface area contributed by atoms with Crippen LogP contribution in [0.25, 0.3) is 0 Å². The molecule has 0 saturated carbocycles. The quantitative estimate of drug-likeness (QED) is 0.650. The lowest BCUT2D eigenvalue weighted by molar-refractivity contribution is -0.886. The number of hydrogen-bond acceptors (Lipinski definition) is 5. The van der Waals surface area contributed by atoms with Crippen molar-refractivity contribution in [3.8, 4) is 11.5 Å². The maximum Gasteiger partial charge on any atom is 0.243 e. The molecule has 2 amide bonds. The Morgan fingerprint density at radius 2 is 1.93 bits per heavy atom. The summed E-state index contributed by atoms with van der Waals surface area (Å²) in [7, 11) is 3.19. The van der Waals surface area contributed by atoms with Crippen molar-refractivity contribution in [2.45, 2.75) is 37.6 Å². The Bertz CT molecular complexity index is 724. The molecule has 0 radical (unpaired) electrons. The van der Waals surface area contributed by atoms with Crippen molar-refractivity contribution in [3.63, 3.8) is 0 Å². The minimum atomic E-state index is -0.445. The Labute approximate surface area is 177 Å². The molecule has 2 saturated heterocycles. The van der Waals surface area contributed by atoms with Crippen molar-refractivity contribution in [2.75, 3.05) is 46.2 Å². The first kappa shape index (κ1) is 21.8. The van der Waals surface area contributed by atoms with Crippen LogP contribution in [-0.2, 0) is 9.59 Å². The molecule has 2 heterocycles. The van der Waals surface area contributed by atoms with Gasteiger partial charge in [-0.1, -0.05) is 13.0 Å². The van der Waals surface area contributed by atoms with Gasteiger partial charge in [-0.2, -0.15) is 0 Å². The third-order valence-electron chi connectivity index (χ3n) is 5.67. The lowest BCUT2D eigenvalue weighted by atomic mass is 10.1. The summed E-state index contributed by atoms with van der Waals surface area (Å²) in [6.45, 7) is 5.83. The number of ether oxygens (including phenoxy) is 2. The molecule has 2 fully saturated rings. The van der Waals surface area contributed by atoms with Crippen molar-refractivity contribution in [1.29, 1.82) is 0 Å². The third-order valence-corrected chi connectivity index (χ3v) is 7.00. The maximum absolute atomic E-state index is 12.9.